The van der Waals surface area contributed by atoms with Crippen molar-refractivity contribution in [1.29, 1.82) is 0 Å². The van der Waals surface area contributed by atoms with E-state index < -0.39 is 18.6 Å². The van der Waals surface area contributed by atoms with E-state index in [1.54, 1.807) is 12.1 Å². The Labute approximate surface area is 104 Å². The molecule has 7 heteroatoms. The van der Waals surface area contributed by atoms with E-state index in [4.69, 9.17) is 5.73 Å². The summed E-state index contributed by atoms with van der Waals surface area (Å²) >= 11 is 4.60. The first kappa shape index (κ1) is 15.2. The van der Waals surface area contributed by atoms with Gasteiger partial charge in [0.05, 0.1) is 3.79 Å². The van der Waals surface area contributed by atoms with Crippen LogP contribution in [0.3, 0.4) is 0 Å². The van der Waals surface area contributed by atoms with Crippen LogP contribution in [0.25, 0.3) is 0 Å². The molecule has 0 aliphatic heterocycles. The Hall–Kier alpha value is 0.220. The van der Waals surface area contributed by atoms with Crippen molar-refractivity contribution in [3.05, 3.63) is 20.8 Å². The van der Waals surface area contributed by atoms with E-state index in [0.29, 0.717) is 0 Å². The third-order valence-electron chi connectivity index (χ3n) is 1.70. The predicted molar refractivity (Wildman–Crippen MR) is 61.5 cm³/mol. The summed E-state index contributed by atoms with van der Waals surface area (Å²) in [7, 11) is 0. The van der Waals surface area contributed by atoms with Crippen molar-refractivity contribution >= 4 is 39.7 Å². The molecule has 0 aromatic carbocycles. The summed E-state index contributed by atoms with van der Waals surface area (Å²) in [5.41, 5.74) is 5.61. The molecular formula is C8H10BrClF3NS. The number of rotatable bonds is 3. The molecule has 0 fully saturated rings. The molecule has 0 unspecified atom stereocenters. The van der Waals surface area contributed by atoms with Crippen molar-refractivity contribution in [2.45, 2.75) is 25.1 Å². The lowest BCUT2D eigenvalue weighted by atomic mass is 10.1. The fraction of sp³-hybridized carbons (Fsp3) is 0.500. The normalized spacial score (nSPS) is 13.4. The van der Waals surface area contributed by atoms with Crippen LogP contribution in [0.1, 0.15) is 23.8 Å². The molecule has 1 aromatic heterocycles. The molecule has 2 N–H and O–H groups in total. The second-order valence-electron chi connectivity index (χ2n) is 2.90. The molecule has 1 rings (SSSR count). The quantitative estimate of drug-likeness (QED) is 0.882. The van der Waals surface area contributed by atoms with Crippen molar-refractivity contribution in [3.63, 3.8) is 0 Å². The second kappa shape index (κ2) is 6.08. The summed E-state index contributed by atoms with van der Waals surface area (Å²) in [5, 5.41) is 0. The lowest BCUT2D eigenvalue weighted by Crippen LogP contribution is -2.14. The zero-order valence-electron chi connectivity index (χ0n) is 7.55. The Balaban J connectivity index is 0.00000196. The fourth-order valence-electron chi connectivity index (χ4n) is 0.989. The largest absolute Gasteiger partial charge is 0.389 e. The van der Waals surface area contributed by atoms with Crippen LogP contribution >= 0.6 is 39.7 Å². The van der Waals surface area contributed by atoms with E-state index in [1.807, 2.05) is 0 Å². The molecule has 0 bridgehead atoms. The Morgan fingerprint density at radius 3 is 2.40 bits per heavy atom. The number of hydrogen-bond donors (Lipinski definition) is 1. The van der Waals surface area contributed by atoms with Crippen LogP contribution in [-0.2, 0) is 0 Å². The van der Waals surface area contributed by atoms with Crippen molar-refractivity contribution in [1.82, 2.24) is 0 Å². The summed E-state index contributed by atoms with van der Waals surface area (Å²) in [6.45, 7) is 0. The molecule has 0 aliphatic rings. The SMILES string of the molecule is Cl.N[C@H](CCC(F)(F)F)c1ccc(Br)s1. The van der Waals surface area contributed by atoms with Gasteiger partial charge in [-0.3, -0.25) is 0 Å². The molecule has 0 amide bonds. The first-order chi connectivity index (χ1) is 6.38. The number of hydrogen-bond acceptors (Lipinski definition) is 2. The monoisotopic (exact) mass is 323 g/mol. The highest BCUT2D eigenvalue weighted by Gasteiger charge is 2.28. The Morgan fingerprint density at radius 2 is 2.00 bits per heavy atom. The second-order valence-corrected chi connectivity index (χ2v) is 5.40. The van der Waals surface area contributed by atoms with Crippen LogP contribution in [0.5, 0.6) is 0 Å². The van der Waals surface area contributed by atoms with E-state index in [1.165, 1.54) is 11.3 Å². The molecule has 15 heavy (non-hydrogen) atoms. The first-order valence-corrected chi connectivity index (χ1v) is 5.57. The van der Waals surface area contributed by atoms with Gasteiger partial charge in [0.1, 0.15) is 0 Å². The zero-order valence-corrected chi connectivity index (χ0v) is 10.8. The van der Waals surface area contributed by atoms with Crippen molar-refractivity contribution < 1.29 is 13.2 Å². The lowest BCUT2D eigenvalue weighted by Gasteiger charge is -2.11. The highest BCUT2D eigenvalue weighted by atomic mass is 79.9. The van der Waals surface area contributed by atoms with Crippen LogP contribution < -0.4 is 5.73 Å². The smallest absolute Gasteiger partial charge is 0.323 e. The number of halogens is 5. The molecule has 1 atom stereocenters. The summed E-state index contributed by atoms with van der Waals surface area (Å²) in [4.78, 5) is 0.779. The van der Waals surface area contributed by atoms with E-state index in [-0.39, 0.29) is 18.8 Å². The Kier molecular flexibility index (Phi) is 6.17. The molecule has 1 heterocycles. The van der Waals surface area contributed by atoms with Gasteiger partial charge in [-0.2, -0.15) is 13.2 Å². The van der Waals surface area contributed by atoms with Gasteiger partial charge in [0, 0.05) is 17.3 Å². The topological polar surface area (TPSA) is 26.0 Å². The average Bonchev–Trinajstić information content (AvgIpc) is 2.46. The van der Waals surface area contributed by atoms with Gasteiger partial charge in [0.15, 0.2) is 0 Å². The van der Waals surface area contributed by atoms with Gasteiger partial charge in [-0.1, -0.05) is 0 Å². The van der Waals surface area contributed by atoms with Crippen LogP contribution in [-0.4, -0.2) is 6.18 Å². The van der Waals surface area contributed by atoms with Crippen LogP contribution in [0, 0.1) is 0 Å². The van der Waals surface area contributed by atoms with E-state index in [9.17, 15) is 13.2 Å². The molecular weight excluding hydrogens is 315 g/mol. The third kappa shape index (κ3) is 5.75. The lowest BCUT2D eigenvalue weighted by molar-refractivity contribution is -0.136. The predicted octanol–water partition coefficient (Wildman–Crippen LogP) is 4.27. The first-order valence-electron chi connectivity index (χ1n) is 3.96. The van der Waals surface area contributed by atoms with Gasteiger partial charge in [-0.15, -0.1) is 23.7 Å². The van der Waals surface area contributed by atoms with E-state index in [2.05, 4.69) is 15.9 Å². The minimum absolute atomic E-state index is 0. The molecule has 88 valence electrons. The van der Waals surface area contributed by atoms with Gasteiger partial charge >= 0.3 is 6.18 Å². The minimum atomic E-state index is -4.12. The van der Waals surface area contributed by atoms with Crippen LogP contribution in [0.2, 0.25) is 0 Å². The van der Waals surface area contributed by atoms with Crippen molar-refractivity contribution in [3.8, 4) is 0 Å². The number of alkyl halides is 3. The highest BCUT2D eigenvalue weighted by molar-refractivity contribution is 9.11. The molecule has 0 spiro atoms. The van der Waals surface area contributed by atoms with Crippen LogP contribution in [0.4, 0.5) is 13.2 Å². The van der Waals surface area contributed by atoms with Gasteiger partial charge in [-0.25, -0.2) is 0 Å². The Morgan fingerprint density at radius 1 is 1.40 bits per heavy atom. The van der Waals surface area contributed by atoms with Gasteiger partial charge < -0.3 is 5.73 Å². The molecule has 1 aromatic rings. The average molecular weight is 325 g/mol. The molecule has 0 aliphatic carbocycles. The maximum atomic E-state index is 11.9. The number of thiophene rings is 1. The molecule has 0 saturated carbocycles. The summed E-state index contributed by atoms with van der Waals surface area (Å²) < 4.78 is 36.5. The highest BCUT2D eigenvalue weighted by Crippen LogP contribution is 2.31. The summed E-state index contributed by atoms with van der Waals surface area (Å²) in [6, 6.07) is 3.01. The molecule has 1 nitrogen and oxygen atoms in total. The minimum Gasteiger partial charge on any atom is -0.323 e. The molecule has 0 radical (unpaired) electrons. The Bertz CT molecular complexity index is 302. The number of nitrogens with two attached hydrogens (primary N) is 1. The maximum absolute atomic E-state index is 11.9. The van der Waals surface area contributed by atoms with Crippen molar-refractivity contribution in [2.24, 2.45) is 5.73 Å². The van der Waals surface area contributed by atoms with E-state index in [0.717, 1.165) is 8.66 Å². The maximum Gasteiger partial charge on any atom is 0.389 e. The van der Waals surface area contributed by atoms with Gasteiger partial charge in [0.25, 0.3) is 0 Å². The van der Waals surface area contributed by atoms with Gasteiger partial charge in [-0.05, 0) is 34.5 Å². The summed E-state index contributed by atoms with van der Waals surface area (Å²) in [5.74, 6) is 0. The fourth-order valence-corrected chi connectivity index (χ4v) is 2.45. The summed E-state index contributed by atoms with van der Waals surface area (Å²) in [6.07, 6.45) is -5.01. The van der Waals surface area contributed by atoms with Crippen LogP contribution in [0.15, 0.2) is 15.9 Å². The van der Waals surface area contributed by atoms with Gasteiger partial charge in [0.2, 0.25) is 0 Å². The standard InChI is InChI=1S/C8H9BrF3NS.ClH/c9-7-2-1-6(14-7)5(13)3-4-8(10,11)12;/h1-2,5H,3-4,13H2;1H/t5-;/m1./s1. The van der Waals surface area contributed by atoms with E-state index >= 15 is 0 Å². The third-order valence-corrected chi connectivity index (χ3v) is 3.45. The van der Waals surface area contributed by atoms with Crippen molar-refractivity contribution in [2.75, 3.05) is 0 Å². The molecule has 0 saturated heterocycles. The zero-order chi connectivity index (χ0) is 10.8.